The molecule has 118 valence electrons. The van der Waals surface area contributed by atoms with Crippen molar-refractivity contribution in [3.63, 3.8) is 0 Å². The number of likely N-dealkylation sites (tertiary alicyclic amines) is 1. The zero-order chi connectivity index (χ0) is 15.8. The Hall–Kier alpha value is -2.06. The van der Waals surface area contributed by atoms with Crippen LogP contribution in [0.3, 0.4) is 0 Å². The van der Waals surface area contributed by atoms with E-state index < -0.39 is 0 Å². The van der Waals surface area contributed by atoms with Crippen LogP contribution in [0.25, 0.3) is 0 Å². The van der Waals surface area contributed by atoms with Gasteiger partial charge in [-0.25, -0.2) is 0 Å². The summed E-state index contributed by atoms with van der Waals surface area (Å²) in [5, 5.41) is 11.7. The maximum Gasteiger partial charge on any atom is 0.228 e. The lowest BCUT2D eigenvalue weighted by Crippen LogP contribution is -2.41. The largest absolute Gasteiger partial charge is 0.492 e. The van der Waals surface area contributed by atoms with E-state index in [4.69, 9.17) is 10.00 Å². The smallest absolute Gasteiger partial charge is 0.228 e. The van der Waals surface area contributed by atoms with E-state index in [1.165, 1.54) is 0 Å². The van der Waals surface area contributed by atoms with Crippen LogP contribution >= 0.6 is 0 Å². The third-order valence-electron chi connectivity index (χ3n) is 3.86. The number of hydrogen-bond donors (Lipinski definition) is 1. The van der Waals surface area contributed by atoms with Crippen LogP contribution in [-0.2, 0) is 4.79 Å². The molecule has 1 saturated heterocycles. The molecule has 0 bridgehead atoms. The summed E-state index contributed by atoms with van der Waals surface area (Å²) in [6.45, 7) is 4.94. The molecular formula is C17H23N3O2. The number of para-hydroxylation sites is 2. The average Bonchev–Trinajstić information content (AvgIpc) is 2.55. The number of nitriles is 1. The van der Waals surface area contributed by atoms with Crippen LogP contribution in [0.5, 0.6) is 5.75 Å². The van der Waals surface area contributed by atoms with Crippen LogP contribution in [0.2, 0.25) is 0 Å². The first-order valence-corrected chi connectivity index (χ1v) is 7.86. The number of carbonyl (C=O) groups excluding carboxylic acids is 1. The molecule has 1 fully saturated rings. The third-order valence-corrected chi connectivity index (χ3v) is 3.86. The summed E-state index contributed by atoms with van der Waals surface area (Å²) in [6, 6.07) is 9.66. The van der Waals surface area contributed by atoms with Crippen molar-refractivity contribution in [2.75, 3.05) is 31.6 Å². The molecule has 0 radical (unpaired) electrons. The number of carbonyl (C=O) groups is 1. The molecule has 0 saturated carbocycles. The number of piperidine rings is 1. The van der Waals surface area contributed by atoms with Crippen LogP contribution in [0.15, 0.2) is 24.3 Å². The van der Waals surface area contributed by atoms with E-state index in [0.29, 0.717) is 18.8 Å². The summed E-state index contributed by atoms with van der Waals surface area (Å²) in [7, 11) is 0. The van der Waals surface area contributed by atoms with Gasteiger partial charge in [0.05, 0.1) is 24.3 Å². The Labute approximate surface area is 131 Å². The molecule has 1 heterocycles. The summed E-state index contributed by atoms with van der Waals surface area (Å²) in [6.07, 6.45) is 2.41. The van der Waals surface area contributed by atoms with Gasteiger partial charge in [0, 0.05) is 19.5 Å². The van der Waals surface area contributed by atoms with Gasteiger partial charge in [-0.3, -0.25) is 4.79 Å². The molecule has 1 unspecified atom stereocenters. The molecule has 1 N–H and O–H groups in total. The van der Waals surface area contributed by atoms with Crippen LogP contribution in [0.4, 0.5) is 5.69 Å². The predicted octanol–water partition coefficient (Wildman–Crippen LogP) is 2.65. The van der Waals surface area contributed by atoms with Crippen LogP contribution in [0, 0.1) is 17.2 Å². The molecule has 1 atom stereocenters. The Kier molecular flexibility index (Phi) is 6.23. The zero-order valence-electron chi connectivity index (χ0n) is 13.0. The van der Waals surface area contributed by atoms with Gasteiger partial charge < -0.3 is 15.0 Å². The van der Waals surface area contributed by atoms with Gasteiger partial charge in [0.2, 0.25) is 5.91 Å². The van der Waals surface area contributed by atoms with Crippen molar-refractivity contribution in [1.82, 2.24) is 4.90 Å². The topological polar surface area (TPSA) is 65.4 Å². The molecule has 0 aliphatic carbocycles. The van der Waals surface area contributed by atoms with Crippen molar-refractivity contribution in [2.24, 2.45) is 5.92 Å². The van der Waals surface area contributed by atoms with Gasteiger partial charge in [-0.15, -0.1) is 0 Å². The van der Waals surface area contributed by atoms with E-state index in [9.17, 15) is 4.79 Å². The molecule has 1 aromatic rings. The highest BCUT2D eigenvalue weighted by Gasteiger charge is 2.26. The number of amides is 1. The van der Waals surface area contributed by atoms with Crippen molar-refractivity contribution in [3.05, 3.63) is 24.3 Å². The number of ether oxygens (including phenoxy) is 1. The second kappa shape index (κ2) is 8.40. The van der Waals surface area contributed by atoms with Crippen molar-refractivity contribution in [3.8, 4) is 11.8 Å². The fourth-order valence-electron chi connectivity index (χ4n) is 2.77. The lowest BCUT2D eigenvalue weighted by molar-refractivity contribution is -0.121. The van der Waals surface area contributed by atoms with Gasteiger partial charge >= 0.3 is 0 Å². The van der Waals surface area contributed by atoms with Crippen LogP contribution in [-0.4, -0.2) is 37.0 Å². The van der Waals surface area contributed by atoms with Gasteiger partial charge in [-0.2, -0.15) is 5.26 Å². The Morgan fingerprint density at radius 3 is 3.09 bits per heavy atom. The molecule has 2 rings (SSSR count). The monoisotopic (exact) mass is 301 g/mol. The van der Waals surface area contributed by atoms with Crippen molar-refractivity contribution >= 4 is 11.6 Å². The summed E-state index contributed by atoms with van der Waals surface area (Å²) < 4.78 is 5.54. The van der Waals surface area contributed by atoms with E-state index in [1.54, 1.807) is 0 Å². The van der Waals surface area contributed by atoms with Gasteiger partial charge in [-0.1, -0.05) is 12.1 Å². The maximum atomic E-state index is 12.5. The van der Waals surface area contributed by atoms with E-state index in [2.05, 4.69) is 16.3 Å². The average molecular weight is 301 g/mol. The Morgan fingerprint density at radius 2 is 2.32 bits per heavy atom. The van der Waals surface area contributed by atoms with Crippen LogP contribution in [0.1, 0.15) is 26.2 Å². The number of nitrogens with one attached hydrogen (secondary N) is 1. The first-order valence-electron chi connectivity index (χ1n) is 7.86. The molecule has 22 heavy (non-hydrogen) atoms. The molecule has 5 heteroatoms. The van der Waals surface area contributed by atoms with E-state index in [0.717, 1.165) is 38.2 Å². The third kappa shape index (κ3) is 4.47. The summed E-state index contributed by atoms with van der Waals surface area (Å²) in [5.74, 6) is 0.714. The highest BCUT2D eigenvalue weighted by Crippen LogP contribution is 2.25. The van der Waals surface area contributed by atoms with Crippen molar-refractivity contribution < 1.29 is 9.53 Å². The minimum absolute atomic E-state index is 0.0258. The van der Waals surface area contributed by atoms with E-state index in [-0.39, 0.29) is 11.8 Å². The molecule has 1 amide bonds. The first kappa shape index (κ1) is 16.3. The van der Waals surface area contributed by atoms with E-state index >= 15 is 0 Å². The Balaban J connectivity index is 1.95. The highest BCUT2D eigenvalue weighted by molar-refractivity contribution is 5.94. The van der Waals surface area contributed by atoms with Gasteiger partial charge in [-0.05, 0) is 38.4 Å². The standard InChI is InChI=1S/C17H23N3O2/c1-2-22-16-9-4-3-8-15(16)19-17(21)14-7-5-11-20(13-14)12-6-10-18/h3-4,8-9,14H,2,5-7,11-13H2,1H3,(H,19,21). The minimum atomic E-state index is -0.0258. The second-order valence-corrected chi connectivity index (χ2v) is 5.47. The van der Waals surface area contributed by atoms with Gasteiger partial charge in [0.25, 0.3) is 0 Å². The molecule has 0 aromatic heterocycles. The van der Waals surface area contributed by atoms with Gasteiger partial charge in [0.1, 0.15) is 5.75 Å². The maximum absolute atomic E-state index is 12.5. The predicted molar refractivity (Wildman–Crippen MR) is 85.6 cm³/mol. The van der Waals surface area contributed by atoms with Crippen molar-refractivity contribution in [1.29, 1.82) is 5.26 Å². The highest BCUT2D eigenvalue weighted by atomic mass is 16.5. The van der Waals surface area contributed by atoms with Gasteiger partial charge in [0.15, 0.2) is 0 Å². The summed E-state index contributed by atoms with van der Waals surface area (Å²) >= 11 is 0. The first-order chi connectivity index (χ1) is 10.7. The Morgan fingerprint density at radius 1 is 1.50 bits per heavy atom. The number of anilines is 1. The Bertz CT molecular complexity index is 539. The minimum Gasteiger partial charge on any atom is -0.492 e. The number of nitrogens with zero attached hydrogens (tertiary/aromatic N) is 2. The molecule has 5 nitrogen and oxygen atoms in total. The number of hydrogen-bond acceptors (Lipinski definition) is 4. The molecule has 0 spiro atoms. The zero-order valence-corrected chi connectivity index (χ0v) is 13.0. The number of benzene rings is 1. The lowest BCUT2D eigenvalue weighted by Gasteiger charge is -2.31. The fraction of sp³-hybridized carbons (Fsp3) is 0.529. The number of rotatable bonds is 6. The fourth-order valence-corrected chi connectivity index (χ4v) is 2.77. The normalized spacial score (nSPS) is 18.5. The van der Waals surface area contributed by atoms with Crippen LogP contribution < -0.4 is 10.1 Å². The van der Waals surface area contributed by atoms with Crippen molar-refractivity contribution in [2.45, 2.75) is 26.2 Å². The molecule has 1 aliphatic rings. The summed E-state index contributed by atoms with van der Waals surface area (Å²) in [4.78, 5) is 14.7. The quantitative estimate of drug-likeness (QED) is 0.877. The molecular weight excluding hydrogens is 278 g/mol. The molecule has 1 aromatic carbocycles. The summed E-state index contributed by atoms with van der Waals surface area (Å²) in [5.41, 5.74) is 0.725. The lowest BCUT2D eigenvalue weighted by atomic mass is 9.97. The SMILES string of the molecule is CCOc1ccccc1NC(=O)C1CCCN(CCC#N)C1. The van der Waals surface area contributed by atoms with E-state index in [1.807, 2.05) is 31.2 Å². The molecule has 1 aliphatic heterocycles. The second-order valence-electron chi connectivity index (χ2n) is 5.47.